The van der Waals surface area contributed by atoms with Gasteiger partial charge in [-0.1, -0.05) is 25.7 Å². The molecule has 0 unspecified atom stereocenters. The van der Waals surface area contributed by atoms with E-state index in [0.29, 0.717) is 6.42 Å². The molecule has 2 aliphatic heterocycles. The largest absolute Gasteiger partial charge is 0.462 e. The molecule has 2 fully saturated rings. The van der Waals surface area contributed by atoms with E-state index in [-0.39, 0.29) is 18.0 Å². The summed E-state index contributed by atoms with van der Waals surface area (Å²) in [5.74, 6) is 6.29. The van der Waals surface area contributed by atoms with E-state index < -0.39 is 0 Å². The van der Waals surface area contributed by atoms with Crippen LogP contribution in [-0.4, -0.2) is 49.8 Å². The number of esters is 1. The molecule has 2 aliphatic rings. The summed E-state index contributed by atoms with van der Waals surface area (Å²) in [6.45, 7) is 6.49. The highest BCUT2D eigenvalue weighted by atomic mass is 16.5. The van der Waals surface area contributed by atoms with E-state index >= 15 is 0 Å². The van der Waals surface area contributed by atoms with Crippen molar-refractivity contribution in [3.8, 4) is 11.8 Å². The van der Waals surface area contributed by atoms with Gasteiger partial charge < -0.3 is 9.47 Å². The van der Waals surface area contributed by atoms with Crippen molar-refractivity contribution in [3.05, 3.63) is 0 Å². The maximum Gasteiger partial charge on any atom is 0.310 e. The first-order chi connectivity index (χ1) is 10.3. The van der Waals surface area contributed by atoms with Crippen LogP contribution in [0.1, 0.15) is 45.4 Å². The molecule has 0 bridgehead atoms. The summed E-state index contributed by atoms with van der Waals surface area (Å²) < 4.78 is 10.7. The predicted octanol–water partition coefficient (Wildman–Crippen LogP) is 2.22. The third-order valence-corrected chi connectivity index (χ3v) is 4.17. The zero-order valence-corrected chi connectivity index (χ0v) is 13.1. The van der Waals surface area contributed by atoms with Crippen molar-refractivity contribution in [2.75, 3.05) is 32.8 Å². The standard InChI is InChI=1S/C17H27NO3/c1-2-3-4-8-16-14-15(17(19)21-16)7-5-6-9-18-10-12-20-13-11-18/h15-16H,2-4,7-14H2,1H3/t15-,16+/m0/s1. The molecule has 4 nitrogen and oxygen atoms in total. The van der Waals surface area contributed by atoms with E-state index in [2.05, 4.69) is 23.7 Å². The van der Waals surface area contributed by atoms with E-state index in [4.69, 9.17) is 9.47 Å². The second-order valence-corrected chi connectivity index (χ2v) is 5.93. The minimum Gasteiger partial charge on any atom is -0.462 e. The molecule has 2 heterocycles. The Morgan fingerprint density at radius 2 is 2.05 bits per heavy atom. The first kappa shape index (κ1) is 16.3. The molecule has 0 spiro atoms. The van der Waals surface area contributed by atoms with Gasteiger partial charge >= 0.3 is 5.97 Å². The fourth-order valence-corrected chi connectivity index (χ4v) is 2.81. The van der Waals surface area contributed by atoms with Crippen molar-refractivity contribution in [1.82, 2.24) is 4.90 Å². The Kier molecular flexibility index (Phi) is 7.05. The topological polar surface area (TPSA) is 38.8 Å². The maximum absolute atomic E-state index is 11.8. The second kappa shape index (κ2) is 9.07. The summed E-state index contributed by atoms with van der Waals surface area (Å²) in [7, 11) is 0. The molecule has 0 amide bonds. The number of cyclic esters (lactones) is 1. The Labute approximate surface area is 128 Å². The van der Waals surface area contributed by atoms with Crippen molar-refractivity contribution in [3.63, 3.8) is 0 Å². The van der Waals surface area contributed by atoms with E-state index in [1.165, 1.54) is 12.8 Å². The van der Waals surface area contributed by atoms with Crippen LogP contribution in [0.4, 0.5) is 0 Å². The molecule has 118 valence electrons. The number of unbranched alkanes of at least 4 members (excludes halogenated alkanes) is 2. The van der Waals surface area contributed by atoms with E-state index in [1.54, 1.807) is 0 Å². The third-order valence-electron chi connectivity index (χ3n) is 4.17. The van der Waals surface area contributed by atoms with Crippen LogP contribution in [-0.2, 0) is 14.3 Å². The smallest absolute Gasteiger partial charge is 0.310 e. The van der Waals surface area contributed by atoms with Crippen molar-refractivity contribution in [2.24, 2.45) is 5.92 Å². The number of rotatable bonds is 6. The van der Waals surface area contributed by atoms with Crippen LogP contribution in [0.5, 0.6) is 0 Å². The van der Waals surface area contributed by atoms with Crippen LogP contribution in [0.15, 0.2) is 0 Å². The summed E-state index contributed by atoms with van der Waals surface area (Å²) >= 11 is 0. The summed E-state index contributed by atoms with van der Waals surface area (Å²) in [4.78, 5) is 14.1. The zero-order chi connectivity index (χ0) is 14.9. The summed E-state index contributed by atoms with van der Waals surface area (Å²) in [6.07, 6.45) is 6.23. The molecule has 0 aromatic carbocycles. The van der Waals surface area contributed by atoms with Crippen LogP contribution >= 0.6 is 0 Å². The number of morpholine rings is 1. The lowest BCUT2D eigenvalue weighted by Gasteiger charge is -2.24. The highest BCUT2D eigenvalue weighted by molar-refractivity contribution is 5.75. The monoisotopic (exact) mass is 293 g/mol. The summed E-state index contributed by atoms with van der Waals surface area (Å²) in [5.41, 5.74) is 0. The Morgan fingerprint density at radius 3 is 2.81 bits per heavy atom. The van der Waals surface area contributed by atoms with Gasteiger partial charge in [0, 0.05) is 19.5 Å². The molecule has 2 atom stereocenters. The number of nitrogens with zero attached hydrogens (tertiary/aromatic N) is 1. The Bertz CT molecular complexity index is 379. The van der Waals surface area contributed by atoms with Gasteiger partial charge in [0.25, 0.3) is 0 Å². The normalized spacial score (nSPS) is 26.2. The molecule has 0 N–H and O–H groups in total. The molecule has 4 heteroatoms. The zero-order valence-electron chi connectivity index (χ0n) is 13.1. The molecule has 2 rings (SSSR count). The molecule has 0 radical (unpaired) electrons. The first-order valence-corrected chi connectivity index (χ1v) is 8.26. The Balaban J connectivity index is 1.65. The van der Waals surface area contributed by atoms with Crippen LogP contribution in [0, 0.1) is 17.8 Å². The van der Waals surface area contributed by atoms with Gasteiger partial charge in [-0.2, -0.15) is 0 Å². The van der Waals surface area contributed by atoms with Crippen molar-refractivity contribution in [2.45, 2.75) is 51.6 Å². The SMILES string of the molecule is CCCCC[C@@H]1C[C@H](CC#CCN2CCOCC2)C(=O)O1. The quantitative estimate of drug-likeness (QED) is 0.428. The first-order valence-electron chi connectivity index (χ1n) is 8.26. The second-order valence-electron chi connectivity index (χ2n) is 5.93. The average Bonchev–Trinajstić information content (AvgIpc) is 2.85. The molecular weight excluding hydrogens is 266 g/mol. The van der Waals surface area contributed by atoms with E-state index in [9.17, 15) is 4.79 Å². The molecule has 21 heavy (non-hydrogen) atoms. The van der Waals surface area contributed by atoms with Gasteiger partial charge in [0.1, 0.15) is 6.10 Å². The molecule has 0 aliphatic carbocycles. The van der Waals surface area contributed by atoms with Gasteiger partial charge in [-0.25, -0.2) is 0 Å². The van der Waals surface area contributed by atoms with Crippen LogP contribution < -0.4 is 0 Å². The minimum atomic E-state index is -0.0443. The lowest BCUT2D eigenvalue weighted by molar-refractivity contribution is -0.144. The molecular formula is C17H27NO3. The van der Waals surface area contributed by atoms with Crippen LogP contribution in [0.25, 0.3) is 0 Å². The fraction of sp³-hybridized carbons (Fsp3) is 0.824. The number of hydrogen-bond acceptors (Lipinski definition) is 4. The van der Waals surface area contributed by atoms with Crippen molar-refractivity contribution < 1.29 is 14.3 Å². The van der Waals surface area contributed by atoms with Gasteiger partial charge in [-0.15, -0.1) is 5.92 Å². The van der Waals surface area contributed by atoms with Gasteiger partial charge in [0.15, 0.2) is 0 Å². The molecule has 2 saturated heterocycles. The van der Waals surface area contributed by atoms with E-state index in [1.807, 2.05) is 0 Å². The van der Waals surface area contributed by atoms with Gasteiger partial charge in [0.05, 0.1) is 25.7 Å². The lowest BCUT2D eigenvalue weighted by atomic mass is 9.99. The number of carbonyl (C=O) groups excluding carboxylic acids is 1. The van der Waals surface area contributed by atoms with Gasteiger partial charge in [0.2, 0.25) is 0 Å². The Morgan fingerprint density at radius 1 is 1.24 bits per heavy atom. The number of carbonyl (C=O) groups is 1. The molecule has 0 aromatic heterocycles. The van der Waals surface area contributed by atoms with Gasteiger partial charge in [-0.05, 0) is 19.3 Å². The minimum absolute atomic E-state index is 0.00573. The number of hydrogen-bond donors (Lipinski definition) is 0. The maximum atomic E-state index is 11.8. The Hall–Kier alpha value is -1.05. The highest BCUT2D eigenvalue weighted by Crippen LogP contribution is 2.27. The summed E-state index contributed by atoms with van der Waals surface area (Å²) in [5, 5.41) is 0. The predicted molar refractivity (Wildman–Crippen MR) is 81.8 cm³/mol. The fourth-order valence-electron chi connectivity index (χ4n) is 2.81. The van der Waals surface area contributed by atoms with Gasteiger partial charge in [-0.3, -0.25) is 9.69 Å². The molecule has 0 aromatic rings. The third kappa shape index (κ3) is 5.68. The van der Waals surface area contributed by atoms with Crippen molar-refractivity contribution >= 4 is 5.97 Å². The molecule has 0 saturated carbocycles. The van der Waals surface area contributed by atoms with Crippen molar-refractivity contribution in [1.29, 1.82) is 0 Å². The van der Waals surface area contributed by atoms with E-state index in [0.717, 1.165) is 52.1 Å². The van der Waals surface area contributed by atoms with Crippen LogP contribution in [0.3, 0.4) is 0 Å². The average molecular weight is 293 g/mol. The van der Waals surface area contributed by atoms with Crippen LogP contribution in [0.2, 0.25) is 0 Å². The number of ether oxygens (including phenoxy) is 2. The summed E-state index contributed by atoms with van der Waals surface area (Å²) in [6, 6.07) is 0. The highest BCUT2D eigenvalue weighted by Gasteiger charge is 2.33. The lowest BCUT2D eigenvalue weighted by Crippen LogP contribution is -2.36.